The fraction of sp³-hybridized carbons (Fsp3) is 0.500. The van der Waals surface area contributed by atoms with Crippen LogP contribution in [0.5, 0.6) is 0 Å². The highest BCUT2D eigenvalue weighted by atomic mass is 16.2. The van der Waals surface area contributed by atoms with Gasteiger partial charge in [0.2, 0.25) is 5.91 Å². The molecule has 17 heavy (non-hydrogen) atoms. The van der Waals surface area contributed by atoms with Gasteiger partial charge in [-0.15, -0.1) is 0 Å². The number of carbonyl (C=O) groups is 1. The van der Waals surface area contributed by atoms with Crippen molar-refractivity contribution in [1.82, 2.24) is 10.2 Å². The fourth-order valence-electron chi connectivity index (χ4n) is 2.11. The third-order valence-electron chi connectivity index (χ3n) is 3.18. The molecule has 0 radical (unpaired) electrons. The number of hydrogen-bond acceptors (Lipinski definition) is 2. The lowest BCUT2D eigenvalue weighted by Crippen LogP contribution is -2.35. The van der Waals surface area contributed by atoms with Crippen LogP contribution in [-0.4, -0.2) is 30.4 Å². The first-order valence-corrected chi connectivity index (χ1v) is 6.28. The molecule has 3 heteroatoms. The molecule has 1 aromatic rings. The second-order valence-corrected chi connectivity index (χ2v) is 4.75. The number of hydrogen-bond donors (Lipinski definition) is 1. The Hall–Kier alpha value is -1.35. The molecule has 0 aromatic heterocycles. The number of aryl methyl sites for hydroxylation is 1. The molecule has 1 heterocycles. The number of amides is 1. The molecular weight excluding hydrogens is 212 g/mol. The van der Waals surface area contributed by atoms with E-state index in [0.29, 0.717) is 13.1 Å². The fourth-order valence-corrected chi connectivity index (χ4v) is 2.11. The minimum absolute atomic E-state index is 0.132. The van der Waals surface area contributed by atoms with Crippen LogP contribution in [-0.2, 0) is 11.3 Å². The molecule has 0 atom stereocenters. The van der Waals surface area contributed by atoms with Crippen LogP contribution in [0.3, 0.4) is 0 Å². The van der Waals surface area contributed by atoms with E-state index in [2.05, 4.69) is 41.4 Å². The zero-order chi connectivity index (χ0) is 12.1. The van der Waals surface area contributed by atoms with Gasteiger partial charge in [0.1, 0.15) is 0 Å². The Morgan fingerprint density at radius 2 is 1.88 bits per heavy atom. The van der Waals surface area contributed by atoms with Crippen LogP contribution >= 0.6 is 0 Å². The molecular formula is C14H20N2O. The Kier molecular flexibility index (Phi) is 4.15. The molecule has 0 saturated carbocycles. The normalized spacial score (nSPS) is 16.1. The summed E-state index contributed by atoms with van der Waals surface area (Å²) in [4.78, 5) is 13.9. The largest absolute Gasteiger partial charge is 0.351 e. The van der Waals surface area contributed by atoms with E-state index in [1.807, 2.05) is 0 Å². The zero-order valence-corrected chi connectivity index (χ0v) is 10.4. The minimum atomic E-state index is 0.132. The summed E-state index contributed by atoms with van der Waals surface area (Å²) < 4.78 is 0. The molecule has 2 rings (SSSR count). The van der Waals surface area contributed by atoms with E-state index in [1.54, 1.807) is 0 Å². The van der Waals surface area contributed by atoms with Crippen LogP contribution in [0.2, 0.25) is 0 Å². The van der Waals surface area contributed by atoms with Gasteiger partial charge in [-0.05, 0) is 38.4 Å². The molecule has 0 bridgehead atoms. The molecule has 1 aliphatic rings. The van der Waals surface area contributed by atoms with E-state index in [9.17, 15) is 4.79 Å². The predicted molar refractivity (Wildman–Crippen MR) is 68.7 cm³/mol. The Balaban J connectivity index is 1.73. The van der Waals surface area contributed by atoms with Crippen molar-refractivity contribution in [2.45, 2.75) is 26.3 Å². The third kappa shape index (κ3) is 3.86. The van der Waals surface area contributed by atoms with Gasteiger partial charge in [-0.2, -0.15) is 0 Å². The molecule has 1 fully saturated rings. The standard InChI is InChI=1S/C14H20N2O/c1-12-4-6-13(7-5-12)10-15-14(17)11-16-8-2-3-9-16/h4-7H,2-3,8-11H2,1H3,(H,15,17). The van der Waals surface area contributed by atoms with Crippen molar-refractivity contribution in [3.63, 3.8) is 0 Å². The zero-order valence-electron chi connectivity index (χ0n) is 10.4. The van der Waals surface area contributed by atoms with Crippen molar-refractivity contribution in [2.24, 2.45) is 0 Å². The lowest BCUT2D eigenvalue weighted by Gasteiger charge is -2.14. The maximum atomic E-state index is 11.7. The van der Waals surface area contributed by atoms with Gasteiger partial charge in [0.15, 0.2) is 0 Å². The predicted octanol–water partition coefficient (Wildman–Crippen LogP) is 1.71. The Bertz CT molecular complexity index is 366. The SMILES string of the molecule is Cc1ccc(CNC(=O)CN2CCCC2)cc1. The molecule has 0 aliphatic carbocycles. The highest BCUT2D eigenvalue weighted by molar-refractivity contribution is 5.78. The maximum absolute atomic E-state index is 11.7. The molecule has 1 aliphatic heterocycles. The number of benzene rings is 1. The van der Waals surface area contributed by atoms with Gasteiger partial charge < -0.3 is 5.32 Å². The molecule has 1 amide bonds. The number of rotatable bonds is 4. The molecule has 1 aromatic carbocycles. The first-order chi connectivity index (χ1) is 8.24. The maximum Gasteiger partial charge on any atom is 0.234 e. The van der Waals surface area contributed by atoms with E-state index in [4.69, 9.17) is 0 Å². The van der Waals surface area contributed by atoms with Gasteiger partial charge in [-0.1, -0.05) is 29.8 Å². The highest BCUT2D eigenvalue weighted by Gasteiger charge is 2.14. The molecule has 92 valence electrons. The van der Waals surface area contributed by atoms with Gasteiger partial charge >= 0.3 is 0 Å². The van der Waals surface area contributed by atoms with Crippen LogP contribution in [0.15, 0.2) is 24.3 Å². The van der Waals surface area contributed by atoms with Crippen LogP contribution in [0, 0.1) is 6.92 Å². The number of nitrogens with one attached hydrogen (secondary N) is 1. The quantitative estimate of drug-likeness (QED) is 0.857. The number of likely N-dealkylation sites (tertiary alicyclic amines) is 1. The summed E-state index contributed by atoms with van der Waals surface area (Å²) in [5.74, 6) is 0.132. The Labute approximate surface area is 103 Å². The van der Waals surface area contributed by atoms with Crippen molar-refractivity contribution >= 4 is 5.91 Å². The van der Waals surface area contributed by atoms with Crippen LogP contribution in [0.4, 0.5) is 0 Å². The van der Waals surface area contributed by atoms with Crippen molar-refractivity contribution < 1.29 is 4.79 Å². The summed E-state index contributed by atoms with van der Waals surface area (Å²) in [6.07, 6.45) is 2.45. The summed E-state index contributed by atoms with van der Waals surface area (Å²) >= 11 is 0. The van der Waals surface area contributed by atoms with E-state index in [1.165, 1.54) is 18.4 Å². The second-order valence-electron chi connectivity index (χ2n) is 4.75. The smallest absolute Gasteiger partial charge is 0.234 e. The van der Waals surface area contributed by atoms with Crippen LogP contribution < -0.4 is 5.32 Å². The molecule has 0 unspecified atom stereocenters. The topological polar surface area (TPSA) is 32.3 Å². The molecule has 3 nitrogen and oxygen atoms in total. The molecule has 1 N–H and O–H groups in total. The summed E-state index contributed by atoms with van der Waals surface area (Å²) in [6.45, 7) is 5.38. The molecule has 1 saturated heterocycles. The average Bonchev–Trinajstić information content (AvgIpc) is 2.81. The Morgan fingerprint density at radius 1 is 1.24 bits per heavy atom. The Morgan fingerprint density at radius 3 is 2.53 bits per heavy atom. The average molecular weight is 232 g/mol. The van der Waals surface area contributed by atoms with E-state index in [0.717, 1.165) is 18.7 Å². The lowest BCUT2D eigenvalue weighted by molar-refractivity contribution is -0.122. The minimum Gasteiger partial charge on any atom is -0.351 e. The summed E-state index contributed by atoms with van der Waals surface area (Å²) in [7, 11) is 0. The van der Waals surface area contributed by atoms with Gasteiger partial charge in [0.05, 0.1) is 6.54 Å². The van der Waals surface area contributed by atoms with Crippen LogP contribution in [0.25, 0.3) is 0 Å². The van der Waals surface area contributed by atoms with Gasteiger partial charge in [0, 0.05) is 6.54 Å². The third-order valence-corrected chi connectivity index (χ3v) is 3.18. The first-order valence-electron chi connectivity index (χ1n) is 6.28. The molecule has 0 spiro atoms. The van der Waals surface area contributed by atoms with Crippen molar-refractivity contribution in [1.29, 1.82) is 0 Å². The van der Waals surface area contributed by atoms with Crippen molar-refractivity contribution in [3.8, 4) is 0 Å². The summed E-state index contributed by atoms with van der Waals surface area (Å²) in [5.41, 5.74) is 2.41. The van der Waals surface area contributed by atoms with E-state index >= 15 is 0 Å². The summed E-state index contributed by atoms with van der Waals surface area (Å²) in [6, 6.07) is 8.26. The second kappa shape index (κ2) is 5.82. The number of nitrogens with zero attached hydrogens (tertiary/aromatic N) is 1. The monoisotopic (exact) mass is 232 g/mol. The van der Waals surface area contributed by atoms with Crippen molar-refractivity contribution in [2.75, 3.05) is 19.6 Å². The van der Waals surface area contributed by atoms with E-state index in [-0.39, 0.29) is 5.91 Å². The van der Waals surface area contributed by atoms with Gasteiger partial charge in [-0.25, -0.2) is 0 Å². The van der Waals surface area contributed by atoms with Gasteiger partial charge in [0.25, 0.3) is 0 Å². The van der Waals surface area contributed by atoms with Gasteiger partial charge in [-0.3, -0.25) is 9.69 Å². The highest BCUT2D eigenvalue weighted by Crippen LogP contribution is 2.06. The van der Waals surface area contributed by atoms with Crippen LogP contribution in [0.1, 0.15) is 24.0 Å². The number of carbonyl (C=O) groups excluding carboxylic acids is 1. The van der Waals surface area contributed by atoms with Crippen molar-refractivity contribution in [3.05, 3.63) is 35.4 Å². The van der Waals surface area contributed by atoms with E-state index < -0.39 is 0 Å². The summed E-state index contributed by atoms with van der Waals surface area (Å²) in [5, 5.41) is 2.96. The first kappa shape index (κ1) is 12.1. The lowest BCUT2D eigenvalue weighted by atomic mass is 10.1.